The van der Waals surface area contributed by atoms with Gasteiger partial charge in [-0.3, -0.25) is 0 Å². The number of benzene rings is 2. The SMILES string of the molecule is Cc1ccc(-c2oc(=O)c(-c3ccccc3)c3c2CCCCCC3)cc1. The topological polar surface area (TPSA) is 30.2 Å². The highest BCUT2D eigenvalue weighted by molar-refractivity contribution is 5.73. The fourth-order valence-corrected chi connectivity index (χ4v) is 3.95. The van der Waals surface area contributed by atoms with Crippen molar-refractivity contribution < 1.29 is 4.42 Å². The molecule has 26 heavy (non-hydrogen) atoms. The van der Waals surface area contributed by atoms with E-state index in [0.29, 0.717) is 0 Å². The van der Waals surface area contributed by atoms with E-state index in [4.69, 9.17) is 4.42 Å². The lowest BCUT2D eigenvalue weighted by Gasteiger charge is -2.20. The molecule has 1 heterocycles. The number of fused-ring (bicyclic) bond motifs is 1. The van der Waals surface area contributed by atoms with Crippen LogP contribution in [0.4, 0.5) is 0 Å². The van der Waals surface area contributed by atoms with Gasteiger partial charge < -0.3 is 4.42 Å². The standard InChI is InChI=1S/C24H24O2/c1-17-13-15-19(16-14-17)23-21-12-8-3-2-7-11-20(21)22(24(25)26-23)18-9-5-4-6-10-18/h4-6,9-10,13-16H,2-3,7-8,11-12H2,1H3. The van der Waals surface area contributed by atoms with Crippen LogP contribution >= 0.6 is 0 Å². The number of hydrogen-bond donors (Lipinski definition) is 0. The smallest absolute Gasteiger partial charge is 0.344 e. The first-order valence-corrected chi connectivity index (χ1v) is 9.55. The zero-order valence-corrected chi connectivity index (χ0v) is 15.3. The third-order valence-corrected chi connectivity index (χ3v) is 5.32. The maximum Gasteiger partial charge on any atom is 0.344 e. The van der Waals surface area contributed by atoms with E-state index >= 15 is 0 Å². The normalized spacial score (nSPS) is 14.3. The Hall–Kier alpha value is -2.61. The Bertz CT molecular complexity index is 950. The summed E-state index contributed by atoms with van der Waals surface area (Å²) in [5.74, 6) is 0.770. The average Bonchev–Trinajstić information content (AvgIpc) is 2.64. The molecule has 4 rings (SSSR count). The van der Waals surface area contributed by atoms with Crippen molar-refractivity contribution in [1.29, 1.82) is 0 Å². The van der Waals surface area contributed by atoms with Crippen LogP contribution in [-0.4, -0.2) is 0 Å². The van der Waals surface area contributed by atoms with E-state index in [2.05, 4.69) is 31.2 Å². The quantitative estimate of drug-likeness (QED) is 0.576. The van der Waals surface area contributed by atoms with E-state index in [1.165, 1.54) is 29.5 Å². The van der Waals surface area contributed by atoms with Crippen LogP contribution in [0.5, 0.6) is 0 Å². The third kappa shape index (κ3) is 3.24. The number of aryl methyl sites for hydroxylation is 1. The minimum absolute atomic E-state index is 0.217. The summed E-state index contributed by atoms with van der Waals surface area (Å²) in [5.41, 5.74) is 6.15. The predicted octanol–water partition coefficient (Wildman–Crippen LogP) is 5.94. The van der Waals surface area contributed by atoms with Crippen LogP contribution in [0.3, 0.4) is 0 Å². The Balaban J connectivity index is 1.97. The van der Waals surface area contributed by atoms with E-state index < -0.39 is 0 Å². The molecule has 0 spiro atoms. The molecule has 0 atom stereocenters. The van der Waals surface area contributed by atoms with Crippen molar-refractivity contribution in [2.24, 2.45) is 0 Å². The molecule has 0 saturated carbocycles. The molecular weight excluding hydrogens is 320 g/mol. The molecule has 2 heteroatoms. The Morgan fingerprint density at radius 3 is 2.08 bits per heavy atom. The number of hydrogen-bond acceptors (Lipinski definition) is 2. The van der Waals surface area contributed by atoms with Gasteiger partial charge in [0, 0.05) is 5.56 Å². The molecule has 1 aromatic heterocycles. The first-order chi connectivity index (χ1) is 12.7. The van der Waals surface area contributed by atoms with Gasteiger partial charge >= 0.3 is 5.63 Å². The first-order valence-electron chi connectivity index (χ1n) is 9.55. The molecule has 0 amide bonds. The molecule has 0 radical (unpaired) electrons. The van der Waals surface area contributed by atoms with Crippen LogP contribution in [0.2, 0.25) is 0 Å². The summed E-state index contributed by atoms with van der Waals surface area (Å²) in [6.45, 7) is 2.07. The van der Waals surface area contributed by atoms with E-state index in [1.54, 1.807) is 0 Å². The molecule has 2 aromatic carbocycles. The molecule has 0 fully saturated rings. The fourth-order valence-electron chi connectivity index (χ4n) is 3.95. The molecule has 0 bridgehead atoms. The monoisotopic (exact) mass is 344 g/mol. The first kappa shape index (κ1) is 16.8. The van der Waals surface area contributed by atoms with Gasteiger partial charge in [-0.1, -0.05) is 73.0 Å². The lowest BCUT2D eigenvalue weighted by atomic mass is 9.87. The molecule has 2 nitrogen and oxygen atoms in total. The minimum atomic E-state index is -0.217. The molecule has 0 N–H and O–H groups in total. The summed E-state index contributed by atoms with van der Waals surface area (Å²) in [7, 11) is 0. The molecule has 0 saturated heterocycles. The highest BCUT2D eigenvalue weighted by atomic mass is 16.4. The van der Waals surface area contributed by atoms with Gasteiger partial charge in [-0.05, 0) is 49.3 Å². The van der Waals surface area contributed by atoms with Crippen molar-refractivity contribution in [3.05, 3.63) is 81.7 Å². The van der Waals surface area contributed by atoms with Gasteiger partial charge in [-0.25, -0.2) is 4.79 Å². The van der Waals surface area contributed by atoms with Crippen molar-refractivity contribution >= 4 is 0 Å². The molecule has 132 valence electrons. The second-order valence-corrected chi connectivity index (χ2v) is 7.20. The Morgan fingerprint density at radius 1 is 0.731 bits per heavy atom. The Labute approximate surface area is 154 Å². The molecule has 1 aliphatic rings. The summed E-state index contributed by atoms with van der Waals surface area (Å²) >= 11 is 0. The van der Waals surface area contributed by atoms with Crippen molar-refractivity contribution in [2.45, 2.75) is 45.4 Å². The molecular formula is C24H24O2. The van der Waals surface area contributed by atoms with Crippen molar-refractivity contribution in [3.63, 3.8) is 0 Å². The largest absolute Gasteiger partial charge is 0.422 e. The fraction of sp³-hybridized carbons (Fsp3) is 0.292. The highest BCUT2D eigenvalue weighted by Gasteiger charge is 2.22. The van der Waals surface area contributed by atoms with Gasteiger partial charge in [-0.2, -0.15) is 0 Å². The van der Waals surface area contributed by atoms with Gasteiger partial charge in [0.2, 0.25) is 0 Å². The highest BCUT2D eigenvalue weighted by Crippen LogP contribution is 2.34. The maximum absolute atomic E-state index is 13.0. The van der Waals surface area contributed by atoms with E-state index in [9.17, 15) is 4.79 Å². The van der Waals surface area contributed by atoms with Gasteiger partial charge in [0.1, 0.15) is 5.76 Å². The Morgan fingerprint density at radius 2 is 1.38 bits per heavy atom. The lowest BCUT2D eigenvalue weighted by molar-refractivity contribution is 0.509. The summed E-state index contributed by atoms with van der Waals surface area (Å²) in [6, 6.07) is 18.3. The molecule has 0 aliphatic heterocycles. The summed E-state index contributed by atoms with van der Waals surface area (Å²) < 4.78 is 5.93. The molecule has 1 aliphatic carbocycles. The second-order valence-electron chi connectivity index (χ2n) is 7.20. The summed E-state index contributed by atoms with van der Waals surface area (Å²) in [4.78, 5) is 13.0. The van der Waals surface area contributed by atoms with Gasteiger partial charge in [0.25, 0.3) is 0 Å². The molecule has 3 aromatic rings. The lowest BCUT2D eigenvalue weighted by Crippen LogP contribution is -2.14. The third-order valence-electron chi connectivity index (χ3n) is 5.32. The van der Waals surface area contributed by atoms with Crippen LogP contribution in [0.15, 0.2) is 63.8 Å². The minimum Gasteiger partial charge on any atom is -0.422 e. The van der Waals surface area contributed by atoms with Gasteiger partial charge in [0.15, 0.2) is 0 Å². The van der Waals surface area contributed by atoms with E-state index in [-0.39, 0.29) is 5.63 Å². The maximum atomic E-state index is 13.0. The van der Waals surface area contributed by atoms with Crippen molar-refractivity contribution in [1.82, 2.24) is 0 Å². The second kappa shape index (κ2) is 7.33. The van der Waals surface area contributed by atoms with Gasteiger partial charge in [-0.15, -0.1) is 0 Å². The van der Waals surface area contributed by atoms with Gasteiger partial charge in [0.05, 0.1) is 5.56 Å². The van der Waals surface area contributed by atoms with Crippen LogP contribution in [-0.2, 0) is 12.8 Å². The van der Waals surface area contributed by atoms with Crippen molar-refractivity contribution in [2.75, 3.05) is 0 Å². The zero-order valence-electron chi connectivity index (χ0n) is 15.3. The summed E-state index contributed by atoms with van der Waals surface area (Å²) in [6.07, 6.45) is 6.67. The van der Waals surface area contributed by atoms with Crippen molar-refractivity contribution in [3.8, 4) is 22.5 Å². The average molecular weight is 344 g/mol. The summed E-state index contributed by atoms with van der Waals surface area (Å²) in [5, 5.41) is 0. The molecule has 0 unspecified atom stereocenters. The van der Waals surface area contributed by atoms with E-state index in [1.807, 2.05) is 30.3 Å². The Kier molecular flexibility index (Phi) is 4.75. The number of rotatable bonds is 2. The van der Waals surface area contributed by atoms with Crippen LogP contribution < -0.4 is 5.63 Å². The predicted molar refractivity (Wildman–Crippen MR) is 106 cm³/mol. The van der Waals surface area contributed by atoms with Crippen LogP contribution in [0, 0.1) is 6.92 Å². The zero-order chi connectivity index (χ0) is 17.9. The van der Waals surface area contributed by atoms with Crippen LogP contribution in [0.1, 0.15) is 42.4 Å². The van der Waals surface area contributed by atoms with E-state index in [0.717, 1.165) is 48.1 Å². The van der Waals surface area contributed by atoms with Crippen LogP contribution in [0.25, 0.3) is 22.5 Å².